The molecule has 0 spiro atoms. The predicted molar refractivity (Wildman–Crippen MR) is 117 cm³/mol. The number of hydrogen-bond donors (Lipinski definition) is 0. The van der Waals surface area contributed by atoms with Crippen molar-refractivity contribution >= 4 is 35.1 Å². The van der Waals surface area contributed by atoms with Gasteiger partial charge in [-0.05, 0) is 24.3 Å². The van der Waals surface area contributed by atoms with Crippen molar-refractivity contribution in [2.75, 3.05) is 7.11 Å². The molecule has 4 nitrogen and oxygen atoms in total. The van der Waals surface area contributed by atoms with Gasteiger partial charge >= 0.3 is 12.4 Å². The third kappa shape index (κ3) is 4.86. The van der Waals surface area contributed by atoms with Gasteiger partial charge in [-0.2, -0.15) is 26.3 Å². The summed E-state index contributed by atoms with van der Waals surface area (Å²) in [4.78, 5) is 27.1. The molecule has 0 amide bonds. The summed E-state index contributed by atoms with van der Waals surface area (Å²) in [6.07, 6.45) is -10.9. The van der Waals surface area contributed by atoms with Crippen molar-refractivity contribution in [3.05, 3.63) is 94.0 Å². The van der Waals surface area contributed by atoms with Gasteiger partial charge in [0.25, 0.3) is 7.14 Å². The molecule has 0 bridgehead atoms. The Morgan fingerprint density at radius 1 is 0.771 bits per heavy atom. The van der Waals surface area contributed by atoms with E-state index in [1.54, 1.807) is 0 Å². The lowest BCUT2D eigenvalue weighted by Crippen LogP contribution is -2.27. The van der Waals surface area contributed by atoms with E-state index in [2.05, 4.69) is 0 Å². The highest BCUT2D eigenvalue weighted by molar-refractivity contribution is 8.01. The van der Waals surface area contributed by atoms with Gasteiger partial charge in [0.2, 0.25) is 11.0 Å². The minimum absolute atomic E-state index is 0.240. The number of ether oxygens (including phenoxy) is 1. The Morgan fingerprint density at radius 3 is 1.77 bits per heavy atom. The van der Waals surface area contributed by atoms with Crippen LogP contribution in [-0.2, 0) is 16.9 Å². The van der Waals surface area contributed by atoms with E-state index in [1.807, 2.05) is 0 Å². The Bertz CT molecular complexity index is 1300. The standard InChI is InChI=1S/C23H14ClF6O4P/c1-34-17-12-6-11-16(24)19(17)35(33,20(31)13-7-3-2-4-8-13)21(32)18-14(22(25,26)27)9-5-10-15(18)23(28,29)30/h2-12H,1H3. The molecule has 12 heteroatoms. The van der Waals surface area contributed by atoms with E-state index < -0.39 is 63.3 Å². The number of carbonyl (C=O) groups excluding carboxylic acids is 2. The number of methoxy groups -OCH3 is 1. The minimum atomic E-state index is -5.52. The van der Waals surface area contributed by atoms with Gasteiger partial charge in [0.05, 0.1) is 34.1 Å². The fourth-order valence-electron chi connectivity index (χ4n) is 3.44. The smallest absolute Gasteiger partial charge is 0.417 e. The highest BCUT2D eigenvalue weighted by atomic mass is 35.5. The normalized spacial score (nSPS) is 13.7. The summed E-state index contributed by atoms with van der Waals surface area (Å²) in [6.45, 7) is 0. The first-order valence-electron chi connectivity index (χ1n) is 9.60. The fourth-order valence-corrected chi connectivity index (χ4v) is 6.47. The zero-order chi connectivity index (χ0) is 26.2. The summed E-state index contributed by atoms with van der Waals surface area (Å²) in [5.41, 5.74) is -9.99. The molecule has 1 unspecified atom stereocenters. The maximum absolute atomic E-state index is 14.4. The van der Waals surface area contributed by atoms with Crippen LogP contribution in [0.5, 0.6) is 5.75 Å². The van der Waals surface area contributed by atoms with Gasteiger partial charge in [-0.15, -0.1) is 0 Å². The Hall–Kier alpha value is -3.10. The van der Waals surface area contributed by atoms with Gasteiger partial charge in [0, 0.05) is 5.56 Å². The summed E-state index contributed by atoms with van der Waals surface area (Å²) < 4.78 is 102. The summed E-state index contributed by atoms with van der Waals surface area (Å²) in [5.74, 6) is -0.420. The average Bonchev–Trinajstić information content (AvgIpc) is 2.81. The highest BCUT2D eigenvalue weighted by Crippen LogP contribution is 2.56. The summed E-state index contributed by atoms with van der Waals surface area (Å²) in [7, 11) is -4.47. The summed E-state index contributed by atoms with van der Waals surface area (Å²) >= 11 is 6.11. The van der Waals surface area contributed by atoms with Crippen LogP contribution in [0.1, 0.15) is 31.8 Å². The van der Waals surface area contributed by atoms with Crippen molar-refractivity contribution < 1.29 is 45.2 Å². The van der Waals surface area contributed by atoms with E-state index in [1.165, 1.54) is 24.3 Å². The fraction of sp³-hybridized carbons (Fsp3) is 0.130. The molecule has 0 aromatic heterocycles. The van der Waals surface area contributed by atoms with Gasteiger partial charge in [-0.1, -0.05) is 54.1 Å². The molecule has 0 saturated heterocycles. The Morgan fingerprint density at radius 2 is 1.29 bits per heavy atom. The van der Waals surface area contributed by atoms with E-state index in [0.29, 0.717) is 6.07 Å². The molecule has 1 atom stereocenters. The topological polar surface area (TPSA) is 60.4 Å². The van der Waals surface area contributed by atoms with Crippen molar-refractivity contribution in [3.8, 4) is 5.75 Å². The summed E-state index contributed by atoms with van der Waals surface area (Å²) in [6, 6.07) is 10.7. The molecular weight excluding hydrogens is 521 g/mol. The van der Waals surface area contributed by atoms with Crippen LogP contribution in [0.25, 0.3) is 0 Å². The molecule has 0 radical (unpaired) electrons. The zero-order valence-electron chi connectivity index (χ0n) is 17.6. The molecule has 3 aromatic rings. The molecule has 35 heavy (non-hydrogen) atoms. The third-order valence-electron chi connectivity index (χ3n) is 4.97. The number of alkyl halides is 6. The first-order valence-corrected chi connectivity index (χ1v) is 11.7. The number of rotatable bonds is 6. The Balaban J connectivity index is 2.48. The number of hydrogen-bond acceptors (Lipinski definition) is 4. The van der Waals surface area contributed by atoms with Crippen molar-refractivity contribution in [3.63, 3.8) is 0 Å². The van der Waals surface area contributed by atoms with E-state index in [9.17, 15) is 40.5 Å². The van der Waals surface area contributed by atoms with Crippen molar-refractivity contribution in [1.82, 2.24) is 0 Å². The lowest BCUT2D eigenvalue weighted by atomic mass is 10.0. The van der Waals surface area contributed by atoms with Crippen LogP contribution in [-0.4, -0.2) is 18.2 Å². The number of halogens is 7. The Labute approximate surface area is 199 Å². The molecule has 0 saturated carbocycles. The molecule has 184 valence electrons. The van der Waals surface area contributed by atoms with Crippen LogP contribution >= 0.6 is 18.7 Å². The van der Waals surface area contributed by atoms with Crippen molar-refractivity contribution in [2.24, 2.45) is 0 Å². The van der Waals surface area contributed by atoms with Crippen LogP contribution in [0.4, 0.5) is 26.3 Å². The van der Waals surface area contributed by atoms with Crippen LogP contribution in [0.15, 0.2) is 66.7 Å². The average molecular weight is 535 g/mol. The highest BCUT2D eigenvalue weighted by Gasteiger charge is 2.52. The van der Waals surface area contributed by atoms with Gasteiger partial charge in [0.15, 0.2) is 0 Å². The first-order chi connectivity index (χ1) is 16.2. The second-order valence-corrected chi connectivity index (χ2v) is 9.99. The molecular formula is C23H14ClF6O4P. The van der Waals surface area contributed by atoms with Crippen LogP contribution in [0, 0.1) is 0 Å². The maximum Gasteiger partial charge on any atom is 0.417 e. The molecule has 0 heterocycles. The van der Waals surface area contributed by atoms with Crippen LogP contribution in [0.2, 0.25) is 5.02 Å². The lowest BCUT2D eigenvalue weighted by molar-refractivity contribution is -0.143. The maximum atomic E-state index is 14.4. The molecule has 0 aliphatic carbocycles. The van der Waals surface area contributed by atoms with E-state index >= 15 is 0 Å². The van der Waals surface area contributed by atoms with E-state index in [4.69, 9.17) is 16.3 Å². The number of benzene rings is 3. The molecule has 0 aliphatic rings. The van der Waals surface area contributed by atoms with Crippen molar-refractivity contribution in [1.29, 1.82) is 0 Å². The SMILES string of the molecule is COc1cccc(Cl)c1P(=O)(C(=O)c1ccccc1)C(=O)c1c(C(F)(F)F)cccc1C(F)(F)F. The first kappa shape index (κ1) is 26.5. The molecule has 3 rings (SSSR count). The zero-order valence-corrected chi connectivity index (χ0v) is 19.2. The van der Waals surface area contributed by atoms with Crippen molar-refractivity contribution in [2.45, 2.75) is 12.4 Å². The monoisotopic (exact) mass is 534 g/mol. The van der Waals surface area contributed by atoms with Gasteiger partial charge in [-0.3, -0.25) is 9.59 Å². The van der Waals surface area contributed by atoms with Crippen LogP contribution < -0.4 is 10.0 Å². The Kier molecular flexibility index (Phi) is 7.20. The van der Waals surface area contributed by atoms with E-state index in [-0.39, 0.29) is 17.7 Å². The third-order valence-corrected chi connectivity index (χ3v) is 8.13. The molecule has 0 fully saturated rings. The van der Waals surface area contributed by atoms with Gasteiger partial charge < -0.3 is 9.30 Å². The molecule has 0 N–H and O–H groups in total. The number of carbonyl (C=O) groups is 2. The summed E-state index contributed by atoms with van der Waals surface area (Å²) in [5, 5.41) is -1.31. The van der Waals surface area contributed by atoms with Crippen LogP contribution in [0.3, 0.4) is 0 Å². The lowest BCUT2D eigenvalue weighted by Gasteiger charge is -2.24. The molecule has 3 aromatic carbocycles. The van der Waals surface area contributed by atoms with Gasteiger partial charge in [-0.25, -0.2) is 0 Å². The quantitative estimate of drug-likeness (QED) is 0.251. The second-order valence-electron chi connectivity index (χ2n) is 7.10. The predicted octanol–water partition coefficient (Wildman–Crippen LogP) is 7.06. The van der Waals surface area contributed by atoms with E-state index in [0.717, 1.165) is 31.4 Å². The molecule has 0 aliphatic heterocycles. The van der Waals surface area contributed by atoms with Gasteiger partial charge in [0.1, 0.15) is 5.75 Å². The second kappa shape index (κ2) is 9.51. The minimum Gasteiger partial charge on any atom is -0.496 e. The largest absolute Gasteiger partial charge is 0.496 e.